The molecule has 8 rings (SSSR count). The van der Waals surface area contributed by atoms with E-state index in [1.54, 1.807) is 0 Å². The van der Waals surface area contributed by atoms with Crippen molar-refractivity contribution in [2.45, 2.75) is 0 Å². The van der Waals surface area contributed by atoms with E-state index in [-0.39, 0.29) is 0 Å². The van der Waals surface area contributed by atoms with E-state index in [1.807, 2.05) is 0 Å². The molecule has 0 heterocycles. The van der Waals surface area contributed by atoms with Crippen molar-refractivity contribution in [3.8, 4) is 22.3 Å². The summed E-state index contributed by atoms with van der Waals surface area (Å²) in [6.07, 6.45) is 0. The van der Waals surface area contributed by atoms with Crippen LogP contribution in [0, 0.1) is 0 Å². The van der Waals surface area contributed by atoms with E-state index >= 15 is 0 Å². The van der Waals surface area contributed by atoms with Crippen molar-refractivity contribution >= 4 is 50.0 Å². The summed E-state index contributed by atoms with van der Waals surface area (Å²) >= 11 is 0. The average Bonchev–Trinajstić information content (AvgIpc) is 3.15. The van der Waals surface area contributed by atoms with Gasteiger partial charge >= 0.3 is 0 Å². The molecule has 8 aromatic rings. The third-order valence-electron chi connectivity index (χ3n) is 9.01. The summed E-state index contributed by atoms with van der Waals surface area (Å²) < 4.78 is 0. The molecule has 0 fully saturated rings. The minimum atomic E-state index is 1.12. The molecule has 8 aromatic carbocycles. The Morgan fingerprint density at radius 1 is 0.277 bits per heavy atom. The lowest BCUT2D eigenvalue weighted by atomic mass is 10.0. The van der Waals surface area contributed by atoms with Crippen molar-refractivity contribution in [2.24, 2.45) is 0 Å². The maximum absolute atomic E-state index is 2.32. The molecule has 0 aliphatic rings. The highest BCUT2D eigenvalue weighted by atomic mass is 15.1. The third-order valence-corrected chi connectivity index (χ3v) is 9.01. The molecule has 0 N–H and O–H groups in total. The summed E-state index contributed by atoms with van der Waals surface area (Å²) in [5.41, 5.74) is 10.5. The fraction of sp³-hybridized carbons (Fsp3) is 0.0222. The number of hydrogen-bond donors (Lipinski definition) is 0. The van der Waals surface area contributed by atoms with Crippen LogP contribution in [0.3, 0.4) is 0 Å². The van der Waals surface area contributed by atoms with Gasteiger partial charge in [-0.3, -0.25) is 0 Å². The Kier molecular flexibility index (Phi) is 7.45. The first-order valence-electron chi connectivity index (χ1n) is 16.1. The Morgan fingerprint density at radius 2 is 0.745 bits per heavy atom. The molecule has 0 aliphatic carbocycles. The summed E-state index contributed by atoms with van der Waals surface area (Å²) in [6.45, 7) is 0. The molecule has 0 saturated heterocycles. The number of fused-ring (bicyclic) bond motifs is 2. The maximum atomic E-state index is 2.32. The second-order valence-electron chi connectivity index (χ2n) is 12.0. The zero-order valence-corrected chi connectivity index (χ0v) is 26.3. The fourth-order valence-corrected chi connectivity index (χ4v) is 6.45. The van der Waals surface area contributed by atoms with E-state index < -0.39 is 0 Å². The molecule has 0 amide bonds. The first-order chi connectivity index (χ1) is 23.2. The highest BCUT2D eigenvalue weighted by Gasteiger charge is 2.14. The van der Waals surface area contributed by atoms with Crippen LogP contribution in [0.5, 0.6) is 0 Å². The maximum Gasteiger partial charge on any atom is 0.0467 e. The monoisotopic (exact) mass is 602 g/mol. The van der Waals surface area contributed by atoms with Crippen molar-refractivity contribution in [3.05, 3.63) is 188 Å². The molecular weight excluding hydrogens is 569 g/mol. The zero-order valence-electron chi connectivity index (χ0n) is 26.3. The van der Waals surface area contributed by atoms with Crippen molar-refractivity contribution in [3.63, 3.8) is 0 Å². The van der Waals surface area contributed by atoms with Gasteiger partial charge in [0.25, 0.3) is 0 Å². The normalized spacial score (nSPS) is 11.1. The van der Waals surface area contributed by atoms with Gasteiger partial charge in [-0.15, -0.1) is 0 Å². The fourth-order valence-electron chi connectivity index (χ4n) is 6.45. The number of para-hydroxylation sites is 1. The van der Waals surface area contributed by atoms with Crippen LogP contribution in [-0.4, -0.2) is 7.05 Å². The minimum absolute atomic E-state index is 1.12. The Bertz CT molecular complexity index is 2290. The first-order valence-corrected chi connectivity index (χ1v) is 16.1. The predicted octanol–water partition coefficient (Wildman–Crippen LogP) is 12.6. The van der Waals surface area contributed by atoms with Crippen molar-refractivity contribution in [2.75, 3.05) is 16.8 Å². The van der Waals surface area contributed by atoms with Gasteiger partial charge in [-0.1, -0.05) is 115 Å². The lowest BCUT2D eigenvalue weighted by Crippen LogP contribution is -2.10. The van der Waals surface area contributed by atoms with E-state index in [0.29, 0.717) is 0 Å². The molecule has 0 bridgehead atoms. The van der Waals surface area contributed by atoms with Crippen LogP contribution in [0.2, 0.25) is 0 Å². The molecule has 0 unspecified atom stereocenters. The Hall–Kier alpha value is -6.12. The molecule has 2 nitrogen and oxygen atoms in total. The summed E-state index contributed by atoms with van der Waals surface area (Å²) in [5, 5.41) is 5.05. The number of anilines is 5. The van der Waals surface area contributed by atoms with Crippen LogP contribution in [0.4, 0.5) is 28.4 Å². The van der Waals surface area contributed by atoms with Gasteiger partial charge in [0, 0.05) is 35.5 Å². The van der Waals surface area contributed by atoms with Gasteiger partial charge in [0.05, 0.1) is 0 Å². The summed E-state index contributed by atoms with van der Waals surface area (Å²) in [5.74, 6) is 0. The molecule has 0 atom stereocenters. The number of rotatable bonds is 7. The average molecular weight is 603 g/mol. The van der Waals surface area contributed by atoms with E-state index in [4.69, 9.17) is 0 Å². The van der Waals surface area contributed by atoms with Gasteiger partial charge in [0.1, 0.15) is 0 Å². The Balaban J connectivity index is 1.06. The SMILES string of the molecule is CN(c1ccc(-c2ccc(N(c3ccccc3)c3cccc(-c4ccccc4)c3)cc2)cc1)c1ccc2cc3ccccc3cc2c1. The molecule has 0 spiro atoms. The van der Waals surface area contributed by atoms with Crippen molar-refractivity contribution < 1.29 is 0 Å². The first kappa shape index (κ1) is 28.4. The van der Waals surface area contributed by atoms with Crippen LogP contribution < -0.4 is 9.80 Å². The highest BCUT2D eigenvalue weighted by molar-refractivity contribution is 5.99. The van der Waals surface area contributed by atoms with Crippen molar-refractivity contribution in [1.82, 2.24) is 0 Å². The lowest BCUT2D eigenvalue weighted by Gasteiger charge is -2.26. The van der Waals surface area contributed by atoms with Gasteiger partial charge in [-0.2, -0.15) is 0 Å². The third kappa shape index (κ3) is 5.74. The number of nitrogens with zero attached hydrogens (tertiary/aromatic N) is 2. The molecule has 0 radical (unpaired) electrons. The smallest absolute Gasteiger partial charge is 0.0467 e. The van der Waals surface area contributed by atoms with Gasteiger partial charge in [-0.05, 0) is 117 Å². The topological polar surface area (TPSA) is 6.48 Å². The van der Waals surface area contributed by atoms with Gasteiger partial charge in [0.2, 0.25) is 0 Å². The minimum Gasteiger partial charge on any atom is -0.345 e. The second-order valence-corrected chi connectivity index (χ2v) is 12.0. The summed E-state index contributed by atoms with van der Waals surface area (Å²) in [7, 11) is 2.14. The largest absolute Gasteiger partial charge is 0.345 e. The van der Waals surface area contributed by atoms with Crippen LogP contribution in [0.1, 0.15) is 0 Å². The van der Waals surface area contributed by atoms with Crippen LogP contribution in [0.15, 0.2) is 188 Å². The van der Waals surface area contributed by atoms with Crippen LogP contribution in [-0.2, 0) is 0 Å². The molecule has 0 saturated carbocycles. The van der Waals surface area contributed by atoms with Gasteiger partial charge in [-0.25, -0.2) is 0 Å². The second kappa shape index (κ2) is 12.3. The lowest BCUT2D eigenvalue weighted by molar-refractivity contribution is 1.21. The number of benzene rings is 8. The molecule has 0 aliphatic heterocycles. The summed E-state index contributed by atoms with van der Waals surface area (Å²) in [6, 6.07) is 67.4. The number of hydrogen-bond acceptors (Lipinski definition) is 2. The summed E-state index contributed by atoms with van der Waals surface area (Å²) in [4.78, 5) is 4.57. The Morgan fingerprint density at radius 3 is 1.43 bits per heavy atom. The highest BCUT2D eigenvalue weighted by Crippen LogP contribution is 2.38. The molecule has 2 heteroatoms. The standard InChI is InChI=1S/C45H34N2/c1-46(44-28-23-39-29-36-13-8-9-14-37(36)30-40(39)32-44)41-24-19-34(20-25-41)35-21-26-43(27-22-35)47(42-16-6-3-7-17-42)45-18-10-15-38(31-45)33-11-4-2-5-12-33/h2-32H,1H3. The predicted molar refractivity (Wildman–Crippen MR) is 202 cm³/mol. The molecular formula is C45H34N2. The van der Waals surface area contributed by atoms with Crippen molar-refractivity contribution in [1.29, 1.82) is 0 Å². The van der Waals surface area contributed by atoms with E-state index in [1.165, 1.54) is 49.5 Å². The quantitative estimate of drug-likeness (QED) is 0.167. The van der Waals surface area contributed by atoms with Crippen LogP contribution >= 0.6 is 0 Å². The molecule has 0 aromatic heterocycles. The van der Waals surface area contributed by atoms with Crippen LogP contribution in [0.25, 0.3) is 43.8 Å². The zero-order chi connectivity index (χ0) is 31.6. The van der Waals surface area contributed by atoms with Gasteiger partial charge < -0.3 is 9.80 Å². The molecule has 224 valence electrons. The Labute approximate surface area is 276 Å². The van der Waals surface area contributed by atoms with E-state index in [0.717, 1.165) is 22.7 Å². The molecule has 47 heavy (non-hydrogen) atoms. The van der Waals surface area contributed by atoms with E-state index in [9.17, 15) is 0 Å². The van der Waals surface area contributed by atoms with Gasteiger partial charge in [0.15, 0.2) is 0 Å². The van der Waals surface area contributed by atoms with E-state index in [2.05, 4.69) is 205 Å².